The van der Waals surface area contributed by atoms with E-state index in [1.807, 2.05) is 0 Å². The fourth-order valence-corrected chi connectivity index (χ4v) is 2.27. The normalized spacial score (nSPS) is 17.9. The first-order valence-electron chi connectivity index (χ1n) is 6.27. The lowest BCUT2D eigenvalue weighted by Gasteiger charge is -2.16. The molecule has 1 aromatic rings. The number of benzene rings is 1. The van der Waals surface area contributed by atoms with Crippen LogP contribution in [-0.2, 0) is 9.53 Å². The third-order valence-electron chi connectivity index (χ3n) is 3.42. The van der Waals surface area contributed by atoms with Gasteiger partial charge in [-0.3, -0.25) is 9.59 Å². The molecule has 1 atom stereocenters. The van der Waals surface area contributed by atoms with Gasteiger partial charge in [0.05, 0.1) is 25.7 Å². The second kappa shape index (κ2) is 5.90. The van der Waals surface area contributed by atoms with Crippen LogP contribution in [0.2, 0.25) is 0 Å². The summed E-state index contributed by atoms with van der Waals surface area (Å²) in [5, 5.41) is 0. The van der Waals surface area contributed by atoms with Crippen LogP contribution in [0.3, 0.4) is 0 Å². The summed E-state index contributed by atoms with van der Waals surface area (Å²) in [4.78, 5) is 25.1. The summed E-state index contributed by atoms with van der Waals surface area (Å²) in [6.07, 6.45) is 0.538. The Bertz CT molecular complexity index is 532. The second-order valence-corrected chi connectivity index (χ2v) is 4.61. The predicted octanol–water partition coefficient (Wildman–Crippen LogP) is 1.47. The Balaban J connectivity index is 2.11. The minimum absolute atomic E-state index is 0.0173. The first-order valence-corrected chi connectivity index (χ1v) is 6.27. The van der Waals surface area contributed by atoms with Crippen molar-refractivity contribution in [3.63, 3.8) is 0 Å². The third kappa shape index (κ3) is 2.74. The molecule has 1 heterocycles. The maximum absolute atomic E-state index is 13.8. The Morgan fingerprint density at radius 1 is 1.35 bits per heavy atom. The highest BCUT2D eigenvalue weighted by atomic mass is 19.1. The molecule has 1 saturated heterocycles. The highest BCUT2D eigenvalue weighted by Crippen LogP contribution is 2.22. The van der Waals surface area contributed by atoms with Crippen molar-refractivity contribution in [1.82, 2.24) is 4.90 Å². The van der Waals surface area contributed by atoms with Crippen LogP contribution in [0, 0.1) is 11.7 Å². The van der Waals surface area contributed by atoms with Crippen LogP contribution in [0.15, 0.2) is 18.2 Å². The van der Waals surface area contributed by atoms with Crippen molar-refractivity contribution in [2.45, 2.75) is 6.42 Å². The van der Waals surface area contributed by atoms with Crippen LogP contribution in [0.25, 0.3) is 0 Å². The van der Waals surface area contributed by atoms with Crippen molar-refractivity contribution in [1.29, 1.82) is 0 Å². The summed E-state index contributed by atoms with van der Waals surface area (Å²) in [7, 11) is 2.74. The number of ether oxygens (including phenoxy) is 2. The number of methoxy groups -OCH3 is 2. The lowest BCUT2D eigenvalue weighted by molar-refractivity contribution is -0.144. The summed E-state index contributed by atoms with van der Waals surface area (Å²) < 4.78 is 23.4. The van der Waals surface area contributed by atoms with Crippen LogP contribution in [-0.4, -0.2) is 44.1 Å². The SMILES string of the molecule is COC(=O)[C@@H]1CCN(C(=O)c2ccc(OC)cc2F)C1. The molecule has 20 heavy (non-hydrogen) atoms. The summed E-state index contributed by atoms with van der Waals surface area (Å²) in [6, 6.07) is 4.09. The third-order valence-corrected chi connectivity index (χ3v) is 3.42. The zero-order valence-electron chi connectivity index (χ0n) is 11.4. The standard InChI is InChI=1S/C14H16FNO4/c1-19-10-3-4-11(12(15)7-10)13(17)16-6-5-9(8-16)14(18)20-2/h3-4,7,9H,5-6,8H2,1-2H3/t9-/m1/s1. The Labute approximate surface area is 116 Å². The molecule has 0 aromatic heterocycles. The second-order valence-electron chi connectivity index (χ2n) is 4.61. The number of likely N-dealkylation sites (tertiary alicyclic amines) is 1. The number of carbonyl (C=O) groups is 2. The van der Waals surface area contributed by atoms with Gasteiger partial charge in [-0.25, -0.2) is 4.39 Å². The van der Waals surface area contributed by atoms with Crippen LogP contribution < -0.4 is 4.74 Å². The molecule has 0 radical (unpaired) electrons. The number of carbonyl (C=O) groups excluding carboxylic acids is 2. The average molecular weight is 281 g/mol. The monoisotopic (exact) mass is 281 g/mol. The molecule has 5 nitrogen and oxygen atoms in total. The summed E-state index contributed by atoms with van der Waals surface area (Å²) in [6.45, 7) is 0.682. The number of amides is 1. The average Bonchev–Trinajstić information content (AvgIpc) is 2.95. The minimum Gasteiger partial charge on any atom is -0.497 e. The molecule has 0 unspecified atom stereocenters. The lowest BCUT2D eigenvalue weighted by atomic mass is 10.1. The zero-order chi connectivity index (χ0) is 14.7. The number of halogens is 1. The molecule has 1 aromatic carbocycles. The lowest BCUT2D eigenvalue weighted by Crippen LogP contribution is -2.30. The predicted molar refractivity (Wildman–Crippen MR) is 69.0 cm³/mol. The van der Waals surface area contributed by atoms with Gasteiger partial charge in [0.25, 0.3) is 5.91 Å². The molecule has 108 valence electrons. The smallest absolute Gasteiger partial charge is 0.310 e. The van der Waals surface area contributed by atoms with Crippen LogP contribution in [0.5, 0.6) is 5.75 Å². The van der Waals surface area contributed by atoms with Gasteiger partial charge >= 0.3 is 5.97 Å². The van der Waals surface area contributed by atoms with Crippen LogP contribution >= 0.6 is 0 Å². The summed E-state index contributed by atoms with van der Waals surface area (Å²) >= 11 is 0. The highest BCUT2D eigenvalue weighted by Gasteiger charge is 2.32. The Kier molecular flexibility index (Phi) is 4.22. The molecular formula is C14H16FNO4. The quantitative estimate of drug-likeness (QED) is 0.787. The van der Waals surface area contributed by atoms with E-state index in [9.17, 15) is 14.0 Å². The molecule has 0 bridgehead atoms. The van der Waals surface area contributed by atoms with E-state index in [0.717, 1.165) is 0 Å². The van der Waals surface area contributed by atoms with E-state index in [-0.39, 0.29) is 24.0 Å². The van der Waals surface area contributed by atoms with Crippen molar-refractivity contribution < 1.29 is 23.5 Å². The van der Waals surface area contributed by atoms with Gasteiger partial charge in [0.2, 0.25) is 0 Å². The van der Waals surface area contributed by atoms with Crippen LogP contribution in [0.1, 0.15) is 16.8 Å². The molecular weight excluding hydrogens is 265 g/mol. The van der Waals surface area contributed by atoms with E-state index in [1.165, 1.54) is 37.3 Å². The van der Waals surface area contributed by atoms with E-state index in [1.54, 1.807) is 0 Å². The maximum Gasteiger partial charge on any atom is 0.310 e. The maximum atomic E-state index is 13.8. The fraction of sp³-hybridized carbons (Fsp3) is 0.429. The minimum atomic E-state index is -0.629. The van der Waals surface area contributed by atoms with E-state index >= 15 is 0 Å². The van der Waals surface area contributed by atoms with Crippen molar-refractivity contribution in [2.75, 3.05) is 27.3 Å². The summed E-state index contributed by atoms with van der Waals surface area (Å²) in [5.41, 5.74) is -0.0173. The van der Waals surface area contributed by atoms with E-state index in [2.05, 4.69) is 4.74 Å². The summed E-state index contributed by atoms with van der Waals surface area (Å²) in [5.74, 6) is -1.36. The number of hydrogen-bond donors (Lipinski definition) is 0. The molecule has 1 aliphatic heterocycles. The molecule has 0 spiro atoms. The topological polar surface area (TPSA) is 55.8 Å². The molecule has 0 aliphatic carbocycles. The van der Waals surface area contributed by atoms with E-state index in [0.29, 0.717) is 18.7 Å². The Hall–Kier alpha value is -2.11. The molecule has 1 amide bonds. The molecule has 2 rings (SSSR count). The first kappa shape index (κ1) is 14.3. The Morgan fingerprint density at radius 3 is 2.70 bits per heavy atom. The van der Waals surface area contributed by atoms with E-state index < -0.39 is 11.7 Å². The number of rotatable bonds is 3. The van der Waals surface area contributed by atoms with E-state index in [4.69, 9.17) is 4.74 Å². The molecule has 1 fully saturated rings. The Morgan fingerprint density at radius 2 is 2.10 bits per heavy atom. The van der Waals surface area contributed by atoms with Crippen molar-refractivity contribution in [3.8, 4) is 5.75 Å². The molecule has 6 heteroatoms. The van der Waals surface area contributed by atoms with Crippen molar-refractivity contribution in [3.05, 3.63) is 29.6 Å². The van der Waals surface area contributed by atoms with Crippen LogP contribution in [0.4, 0.5) is 4.39 Å². The zero-order valence-corrected chi connectivity index (χ0v) is 11.4. The first-order chi connectivity index (χ1) is 9.56. The van der Waals surface area contributed by atoms with Gasteiger partial charge in [0.1, 0.15) is 11.6 Å². The van der Waals surface area contributed by atoms with Gasteiger partial charge in [-0.15, -0.1) is 0 Å². The van der Waals surface area contributed by atoms with Gasteiger partial charge < -0.3 is 14.4 Å². The van der Waals surface area contributed by atoms with Gasteiger partial charge in [-0.2, -0.15) is 0 Å². The molecule has 1 aliphatic rings. The molecule has 0 saturated carbocycles. The number of nitrogens with zero attached hydrogens (tertiary/aromatic N) is 1. The largest absolute Gasteiger partial charge is 0.497 e. The fourth-order valence-electron chi connectivity index (χ4n) is 2.27. The number of esters is 1. The molecule has 0 N–H and O–H groups in total. The van der Waals surface area contributed by atoms with Gasteiger partial charge in [-0.05, 0) is 18.6 Å². The van der Waals surface area contributed by atoms with Crippen molar-refractivity contribution in [2.24, 2.45) is 5.92 Å². The highest BCUT2D eigenvalue weighted by molar-refractivity contribution is 5.95. The van der Waals surface area contributed by atoms with Crippen molar-refractivity contribution >= 4 is 11.9 Å². The van der Waals surface area contributed by atoms with Gasteiger partial charge in [0.15, 0.2) is 0 Å². The van der Waals surface area contributed by atoms with Gasteiger partial charge in [-0.1, -0.05) is 0 Å². The number of hydrogen-bond acceptors (Lipinski definition) is 4. The van der Waals surface area contributed by atoms with Gasteiger partial charge in [0, 0.05) is 19.2 Å².